The quantitative estimate of drug-likeness (QED) is 0.703. The van der Waals surface area contributed by atoms with Crippen molar-refractivity contribution in [1.29, 1.82) is 0 Å². The number of benzene rings is 1. The lowest BCUT2D eigenvalue weighted by molar-refractivity contribution is -0.115. The standard InChI is InChI=1S/C16H24ClN3O3/c1-22-15-4-3-13(11-14(15)17)19-16(21)12-18-5-2-6-20-7-9-23-10-8-20/h3-4,11,18H,2,5-10,12H2,1H3,(H,19,21). The highest BCUT2D eigenvalue weighted by Gasteiger charge is 2.09. The average molecular weight is 342 g/mol. The van der Waals surface area contributed by atoms with Gasteiger partial charge in [0.2, 0.25) is 5.91 Å². The van der Waals surface area contributed by atoms with Crippen molar-refractivity contribution in [3.05, 3.63) is 23.2 Å². The predicted octanol–water partition coefficient (Wildman–Crippen LogP) is 1.60. The largest absolute Gasteiger partial charge is 0.495 e. The van der Waals surface area contributed by atoms with Crippen molar-refractivity contribution in [1.82, 2.24) is 10.2 Å². The van der Waals surface area contributed by atoms with Crippen LogP contribution in [0.4, 0.5) is 5.69 Å². The number of halogens is 1. The number of rotatable bonds is 8. The van der Waals surface area contributed by atoms with E-state index in [0.29, 0.717) is 16.5 Å². The first kappa shape index (κ1) is 18.0. The fourth-order valence-electron chi connectivity index (χ4n) is 2.40. The first-order chi connectivity index (χ1) is 11.2. The third-order valence-electron chi connectivity index (χ3n) is 3.65. The molecule has 1 aromatic rings. The Hall–Kier alpha value is -1.34. The van der Waals surface area contributed by atoms with Crippen molar-refractivity contribution in [2.75, 3.05) is 58.4 Å². The van der Waals surface area contributed by atoms with Gasteiger partial charge in [0.1, 0.15) is 5.75 Å². The number of hydrogen-bond donors (Lipinski definition) is 2. The zero-order valence-corrected chi connectivity index (χ0v) is 14.2. The van der Waals surface area contributed by atoms with Gasteiger partial charge in [-0.05, 0) is 37.7 Å². The first-order valence-corrected chi connectivity index (χ1v) is 8.21. The number of methoxy groups -OCH3 is 1. The maximum Gasteiger partial charge on any atom is 0.238 e. The van der Waals surface area contributed by atoms with E-state index >= 15 is 0 Å². The molecule has 0 bridgehead atoms. The minimum atomic E-state index is -0.0855. The number of ether oxygens (including phenoxy) is 2. The molecule has 0 radical (unpaired) electrons. The van der Waals surface area contributed by atoms with E-state index < -0.39 is 0 Å². The molecule has 0 aliphatic carbocycles. The molecule has 1 amide bonds. The Morgan fingerprint density at radius 3 is 2.87 bits per heavy atom. The molecule has 1 saturated heterocycles. The number of hydrogen-bond acceptors (Lipinski definition) is 5. The molecular weight excluding hydrogens is 318 g/mol. The van der Waals surface area contributed by atoms with Crippen molar-refractivity contribution in [3.63, 3.8) is 0 Å². The molecule has 1 aliphatic rings. The molecule has 2 N–H and O–H groups in total. The molecule has 1 aliphatic heterocycles. The zero-order chi connectivity index (χ0) is 16.5. The number of anilines is 1. The number of morpholine rings is 1. The number of carbonyl (C=O) groups excluding carboxylic acids is 1. The zero-order valence-electron chi connectivity index (χ0n) is 13.4. The molecule has 0 atom stereocenters. The molecule has 6 nitrogen and oxygen atoms in total. The van der Waals surface area contributed by atoms with Gasteiger partial charge in [-0.1, -0.05) is 11.6 Å². The molecule has 0 unspecified atom stereocenters. The van der Waals surface area contributed by atoms with Crippen LogP contribution < -0.4 is 15.4 Å². The summed E-state index contributed by atoms with van der Waals surface area (Å²) in [6, 6.07) is 5.17. The number of carbonyl (C=O) groups is 1. The van der Waals surface area contributed by atoms with E-state index in [1.807, 2.05) is 0 Å². The topological polar surface area (TPSA) is 62.8 Å². The summed E-state index contributed by atoms with van der Waals surface area (Å²) in [5.41, 5.74) is 0.663. The summed E-state index contributed by atoms with van der Waals surface area (Å²) in [4.78, 5) is 14.2. The highest BCUT2D eigenvalue weighted by atomic mass is 35.5. The fourth-order valence-corrected chi connectivity index (χ4v) is 2.66. The third-order valence-corrected chi connectivity index (χ3v) is 3.95. The second-order valence-electron chi connectivity index (χ2n) is 5.38. The van der Waals surface area contributed by atoms with Crippen molar-refractivity contribution in [2.45, 2.75) is 6.42 Å². The Kier molecular flexibility index (Phi) is 7.61. The summed E-state index contributed by atoms with van der Waals surface area (Å²) in [5.74, 6) is 0.503. The molecule has 1 fully saturated rings. The van der Waals surface area contributed by atoms with Gasteiger partial charge in [0, 0.05) is 18.8 Å². The molecule has 23 heavy (non-hydrogen) atoms. The highest BCUT2D eigenvalue weighted by molar-refractivity contribution is 6.32. The molecule has 128 valence electrons. The monoisotopic (exact) mass is 341 g/mol. The van der Waals surface area contributed by atoms with Crippen LogP contribution in [-0.2, 0) is 9.53 Å². The van der Waals surface area contributed by atoms with Crippen LogP contribution in [-0.4, -0.2) is 63.9 Å². The number of nitrogens with one attached hydrogen (secondary N) is 2. The van der Waals surface area contributed by atoms with Crippen molar-refractivity contribution < 1.29 is 14.3 Å². The van der Waals surface area contributed by atoms with E-state index in [0.717, 1.165) is 45.8 Å². The minimum absolute atomic E-state index is 0.0855. The number of nitrogens with zero attached hydrogens (tertiary/aromatic N) is 1. The van der Waals surface area contributed by atoms with Gasteiger partial charge in [-0.15, -0.1) is 0 Å². The molecule has 2 rings (SSSR count). The van der Waals surface area contributed by atoms with E-state index in [2.05, 4.69) is 15.5 Å². The van der Waals surface area contributed by atoms with Crippen LogP contribution in [0.5, 0.6) is 5.75 Å². The van der Waals surface area contributed by atoms with E-state index in [1.165, 1.54) is 0 Å². The molecule has 0 spiro atoms. The maximum absolute atomic E-state index is 11.9. The van der Waals surface area contributed by atoms with Crippen molar-refractivity contribution in [3.8, 4) is 5.75 Å². The summed E-state index contributed by atoms with van der Waals surface area (Å²) in [6.45, 7) is 5.77. The van der Waals surface area contributed by atoms with Gasteiger partial charge in [0.05, 0.1) is 31.9 Å². The Bertz CT molecular complexity index is 507. The van der Waals surface area contributed by atoms with E-state index in [-0.39, 0.29) is 12.5 Å². The average Bonchev–Trinajstić information content (AvgIpc) is 2.56. The summed E-state index contributed by atoms with van der Waals surface area (Å²) >= 11 is 6.03. The van der Waals surface area contributed by atoms with Crippen LogP contribution in [0.25, 0.3) is 0 Å². The summed E-state index contributed by atoms with van der Waals surface area (Å²) < 4.78 is 10.4. The molecule has 7 heteroatoms. The van der Waals surface area contributed by atoms with Gasteiger partial charge >= 0.3 is 0 Å². The van der Waals surface area contributed by atoms with Crippen LogP contribution in [0, 0.1) is 0 Å². The summed E-state index contributed by atoms with van der Waals surface area (Å²) in [7, 11) is 1.56. The minimum Gasteiger partial charge on any atom is -0.495 e. The van der Waals surface area contributed by atoms with E-state index in [4.69, 9.17) is 21.1 Å². The predicted molar refractivity (Wildman–Crippen MR) is 91.4 cm³/mol. The van der Waals surface area contributed by atoms with Crippen LogP contribution in [0.3, 0.4) is 0 Å². The maximum atomic E-state index is 11.9. The van der Waals surface area contributed by atoms with Gasteiger partial charge in [-0.3, -0.25) is 9.69 Å². The third kappa shape index (κ3) is 6.35. The Balaban J connectivity index is 1.60. The number of amides is 1. The van der Waals surface area contributed by atoms with E-state index in [9.17, 15) is 4.79 Å². The second-order valence-corrected chi connectivity index (χ2v) is 5.79. The van der Waals surface area contributed by atoms with E-state index in [1.54, 1.807) is 25.3 Å². The first-order valence-electron chi connectivity index (χ1n) is 7.83. The normalized spacial score (nSPS) is 15.4. The SMILES string of the molecule is COc1ccc(NC(=O)CNCCCN2CCOCC2)cc1Cl. The van der Waals surface area contributed by atoms with Gasteiger partial charge in [-0.25, -0.2) is 0 Å². The smallest absolute Gasteiger partial charge is 0.238 e. The van der Waals surface area contributed by atoms with Crippen LogP contribution >= 0.6 is 11.6 Å². The van der Waals surface area contributed by atoms with Gasteiger partial charge < -0.3 is 20.1 Å². The van der Waals surface area contributed by atoms with Crippen molar-refractivity contribution >= 4 is 23.2 Å². The lowest BCUT2D eigenvalue weighted by Crippen LogP contribution is -2.38. The molecular formula is C16H24ClN3O3. The van der Waals surface area contributed by atoms with Crippen LogP contribution in [0.15, 0.2) is 18.2 Å². The fraction of sp³-hybridized carbons (Fsp3) is 0.562. The Labute approximate surface area is 142 Å². The van der Waals surface area contributed by atoms with Gasteiger partial charge in [-0.2, -0.15) is 0 Å². The summed E-state index contributed by atoms with van der Waals surface area (Å²) in [5, 5.41) is 6.44. The second kappa shape index (κ2) is 9.72. The van der Waals surface area contributed by atoms with Gasteiger partial charge in [0.25, 0.3) is 0 Å². The molecule has 0 aromatic heterocycles. The summed E-state index contributed by atoms with van der Waals surface area (Å²) in [6.07, 6.45) is 1.02. The van der Waals surface area contributed by atoms with Crippen LogP contribution in [0.2, 0.25) is 5.02 Å². The Morgan fingerprint density at radius 1 is 1.39 bits per heavy atom. The lowest BCUT2D eigenvalue weighted by Gasteiger charge is -2.26. The molecule has 0 saturated carbocycles. The molecule has 1 aromatic carbocycles. The molecule has 1 heterocycles. The highest BCUT2D eigenvalue weighted by Crippen LogP contribution is 2.27. The van der Waals surface area contributed by atoms with Crippen LogP contribution in [0.1, 0.15) is 6.42 Å². The lowest BCUT2D eigenvalue weighted by atomic mass is 10.3. The van der Waals surface area contributed by atoms with Crippen molar-refractivity contribution in [2.24, 2.45) is 0 Å². The Morgan fingerprint density at radius 2 is 2.17 bits per heavy atom. The van der Waals surface area contributed by atoms with Gasteiger partial charge in [0.15, 0.2) is 0 Å².